The lowest BCUT2D eigenvalue weighted by Gasteiger charge is -2.33. The molecule has 7 heteroatoms. The van der Waals surface area contributed by atoms with E-state index in [1.807, 2.05) is 5.38 Å². The molecule has 0 radical (unpaired) electrons. The number of hydrogen-bond donors (Lipinski definition) is 1. The maximum atomic E-state index is 11.2. The van der Waals surface area contributed by atoms with Gasteiger partial charge in [-0.3, -0.25) is 4.79 Å². The number of carboxylic acids is 1. The van der Waals surface area contributed by atoms with Crippen molar-refractivity contribution in [2.75, 3.05) is 31.1 Å². The number of hydrogen-bond acceptors (Lipinski definition) is 5. The molecular weight excluding hydrogens is 230 g/mol. The van der Waals surface area contributed by atoms with Crippen LogP contribution in [0.3, 0.4) is 0 Å². The first kappa shape index (κ1) is 10.9. The fourth-order valence-electron chi connectivity index (χ4n) is 1.61. The summed E-state index contributed by atoms with van der Waals surface area (Å²) in [5, 5.41) is 11.4. The number of anilines is 1. The summed E-state index contributed by atoms with van der Waals surface area (Å²) >= 11 is 1.54. The van der Waals surface area contributed by atoms with E-state index in [4.69, 9.17) is 5.11 Å². The second-order valence-corrected chi connectivity index (χ2v) is 4.27. The molecule has 1 aromatic heterocycles. The van der Waals surface area contributed by atoms with Crippen LogP contribution in [0.1, 0.15) is 0 Å². The highest BCUT2D eigenvalue weighted by Gasteiger charge is 2.26. The van der Waals surface area contributed by atoms with E-state index in [1.165, 1.54) is 4.90 Å². The van der Waals surface area contributed by atoms with Gasteiger partial charge in [-0.1, -0.05) is 0 Å². The molecule has 0 aliphatic carbocycles. The van der Waals surface area contributed by atoms with Crippen molar-refractivity contribution >= 4 is 28.3 Å². The van der Waals surface area contributed by atoms with Gasteiger partial charge in [-0.15, -0.1) is 11.3 Å². The second-order valence-electron chi connectivity index (χ2n) is 3.40. The maximum absolute atomic E-state index is 11.2. The van der Waals surface area contributed by atoms with E-state index in [2.05, 4.69) is 9.88 Å². The van der Waals surface area contributed by atoms with Crippen LogP contribution in [0.15, 0.2) is 11.6 Å². The number of nitrogens with zero attached hydrogens (tertiary/aromatic N) is 3. The third kappa shape index (κ3) is 2.13. The third-order valence-electron chi connectivity index (χ3n) is 2.44. The van der Waals surface area contributed by atoms with E-state index >= 15 is 0 Å². The number of amides is 1. The average Bonchev–Trinajstić information content (AvgIpc) is 2.81. The van der Waals surface area contributed by atoms with Crippen molar-refractivity contribution in [3.8, 4) is 0 Å². The Bertz CT molecular complexity index is 385. The van der Waals surface area contributed by atoms with Gasteiger partial charge in [-0.25, -0.2) is 9.78 Å². The number of rotatable bonds is 1. The van der Waals surface area contributed by atoms with Crippen molar-refractivity contribution in [2.45, 2.75) is 0 Å². The van der Waals surface area contributed by atoms with Crippen LogP contribution in [0.5, 0.6) is 0 Å². The van der Waals surface area contributed by atoms with Gasteiger partial charge in [0.15, 0.2) is 5.13 Å². The quantitative estimate of drug-likeness (QED) is 0.694. The molecule has 6 nitrogen and oxygen atoms in total. The molecule has 1 aromatic rings. The Hall–Kier alpha value is -1.63. The van der Waals surface area contributed by atoms with Crippen molar-refractivity contribution < 1.29 is 14.7 Å². The molecule has 0 saturated carbocycles. The lowest BCUT2D eigenvalue weighted by molar-refractivity contribution is -0.156. The molecule has 1 saturated heterocycles. The number of carboxylic acid groups (broad SMARTS) is 1. The smallest absolute Gasteiger partial charge is 0.394 e. The molecule has 0 bridgehead atoms. The molecule has 1 fully saturated rings. The van der Waals surface area contributed by atoms with Gasteiger partial charge in [-0.05, 0) is 0 Å². The summed E-state index contributed by atoms with van der Waals surface area (Å²) in [6.45, 7) is 2.13. The van der Waals surface area contributed by atoms with Crippen molar-refractivity contribution in [1.29, 1.82) is 0 Å². The zero-order chi connectivity index (χ0) is 11.5. The molecule has 86 valence electrons. The molecule has 2 rings (SSSR count). The summed E-state index contributed by atoms with van der Waals surface area (Å²) in [6.07, 6.45) is 1.73. The van der Waals surface area contributed by atoms with Crippen LogP contribution in [0.25, 0.3) is 0 Å². The highest BCUT2D eigenvalue weighted by atomic mass is 32.1. The van der Waals surface area contributed by atoms with Gasteiger partial charge in [0.05, 0.1) is 0 Å². The van der Waals surface area contributed by atoms with Crippen LogP contribution < -0.4 is 4.90 Å². The van der Waals surface area contributed by atoms with E-state index in [9.17, 15) is 9.59 Å². The van der Waals surface area contributed by atoms with E-state index in [0.29, 0.717) is 26.2 Å². The van der Waals surface area contributed by atoms with Crippen LogP contribution in [0, 0.1) is 0 Å². The fraction of sp³-hybridized carbons (Fsp3) is 0.444. The predicted molar refractivity (Wildman–Crippen MR) is 58.5 cm³/mol. The minimum absolute atomic E-state index is 0.435. The van der Waals surface area contributed by atoms with Gasteiger partial charge in [0.2, 0.25) is 0 Å². The van der Waals surface area contributed by atoms with Gasteiger partial charge in [0.1, 0.15) is 0 Å². The monoisotopic (exact) mass is 241 g/mol. The first-order valence-corrected chi connectivity index (χ1v) is 5.73. The first-order valence-electron chi connectivity index (χ1n) is 4.85. The van der Waals surface area contributed by atoms with Gasteiger partial charge in [0.25, 0.3) is 0 Å². The Kier molecular flexibility index (Phi) is 3.04. The lowest BCUT2D eigenvalue weighted by Crippen LogP contribution is -2.50. The Morgan fingerprint density at radius 1 is 1.31 bits per heavy atom. The summed E-state index contributed by atoms with van der Waals surface area (Å²) in [7, 11) is 0. The largest absolute Gasteiger partial charge is 0.474 e. The number of aliphatic carboxylic acids is 1. The van der Waals surface area contributed by atoms with E-state index in [-0.39, 0.29) is 0 Å². The Balaban J connectivity index is 1.92. The van der Waals surface area contributed by atoms with Gasteiger partial charge < -0.3 is 14.9 Å². The number of thiazole rings is 1. The highest BCUT2D eigenvalue weighted by molar-refractivity contribution is 7.13. The third-order valence-corrected chi connectivity index (χ3v) is 3.27. The average molecular weight is 241 g/mol. The first-order chi connectivity index (χ1) is 7.68. The molecule has 1 aliphatic heterocycles. The van der Waals surface area contributed by atoms with Gasteiger partial charge >= 0.3 is 11.9 Å². The molecular formula is C9H11N3O3S. The van der Waals surface area contributed by atoms with E-state index < -0.39 is 11.9 Å². The minimum atomic E-state index is -1.39. The molecule has 16 heavy (non-hydrogen) atoms. The SMILES string of the molecule is O=C(O)C(=O)N1CCN(c2nccs2)CC1. The normalized spacial score (nSPS) is 16.2. The molecule has 2 heterocycles. The predicted octanol–water partition coefficient (Wildman–Crippen LogP) is -0.124. The molecule has 0 unspecified atom stereocenters. The summed E-state index contributed by atoms with van der Waals surface area (Å²) < 4.78 is 0. The van der Waals surface area contributed by atoms with Crippen molar-refractivity contribution in [3.63, 3.8) is 0 Å². The van der Waals surface area contributed by atoms with E-state index in [1.54, 1.807) is 17.5 Å². The van der Waals surface area contributed by atoms with Crippen molar-refractivity contribution in [1.82, 2.24) is 9.88 Å². The summed E-state index contributed by atoms with van der Waals surface area (Å²) in [5.74, 6) is -2.21. The minimum Gasteiger partial charge on any atom is -0.474 e. The number of carbonyl (C=O) groups is 2. The molecule has 1 aliphatic rings. The number of aromatic nitrogens is 1. The molecule has 0 aromatic carbocycles. The molecule has 1 amide bonds. The van der Waals surface area contributed by atoms with Crippen LogP contribution in [-0.2, 0) is 9.59 Å². The zero-order valence-electron chi connectivity index (χ0n) is 8.50. The second kappa shape index (κ2) is 4.48. The molecule has 0 atom stereocenters. The van der Waals surface area contributed by atoms with E-state index in [0.717, 1.165) is 5.13 Å². The van der Waals surface area contributed by atoms with Crippen molar-refractivity contribution in [3.05, 3.63) is 11.6 Å². The summed E-state index contributed by atoms with van der Waals surface area (Å²) in [4.78, 5) is 29.3. The fourth-order valence-corrected chi connectivity index (χ4v) is 2.30. The van der Waals surface area contributed by atoms with Gasteiger partial charge in [-0.2, -0.15) is 0 Å². The standard InChI is InChI=1S/C9H11N3O3S/c13-7(8(14)15)11-2-4-12(5-3-11)9-10-1-6-16-9/h1,6H,2-5H2,(H,14,15). The highest BCUT2D eigenvalue weighted by Crippen LogP contribution is 2.18. The lowest BCUT2D eigenvalue weighted by atomic mass is 10.3. The number of carbonyl (C=O) groups excluding carboxylic acids is 1. The maximum Gasteiger partial charge on any atom is 0.394 e. The van der Waals surface area contributed by atoms with Crippen LogP contribution in [0.2, 0.25) is 0 Å². The van der Waals surface area contributed by atoms with Crippen LogP contribution >= 0.6 is 11.3 Å². The van der Waals surface area contributed by atoms with Crippen LogP contribution in [0.4, 0.5) is 5.13 Å². The Morgan fingerprint density at radius 2 is 2.00 bits per heavy atom. The Labute approximate surface area is 96.1 Å². The van der Waals surface area contributed by atoms with Crippen molar-refractivity contribution in [2.24, 2.45) is 0 Å². The van der Waals surface area contributed by atoms with Gasteiger partial charge in [0, 0.05) is 37.8 Å². The summed E-state index contributed by atoms with van der Waals surface area (Å²) in [5.41, 5.74) is 0. The molecule has 1 N–H and O–H groups in total. The Morgan fingerprint density at radius 3 is 2.50 bits per heavy atom. The molecule has 0 spiro atoms. The van der Waals surface area contributed by atoms with Crippen LogP contribution in [-0.4, -0.2) is 53.0 Å². The zero-order valence-corrected chi connectivity index (χ0v) is 9.31. The number of piperazine rings is 1. The topological polar surface area (TPSA) is 73.7 Å². The summed E-state index contributed by atoms with van der Waals surface area (Å²) in [6, 6.07) is 0.